The lowest BCUT2D eigenvalue weighted by Crippen LogP contribution is -2.65. The van der Waals surface area contributed by atoms with Gasteiger partial charge < -0.3 is 113 Å². The predicted octanol–water partition coefficient (Wildman–Crippen LogP) is -3.13. The van der Waals surface area contributed by atoms with Crippen LogP contribution in [0.15, 0.2) is 24.3 Å². The molecule has 0 aromatic carbocycles. The zero-order chi connectivity index (χ0) is 55.2. The van der Waals surface area contributed by atoms with E-state index >= 15 is 0 Å². The van der Waals surface area contributed by atoms with Crippen LogP contribution in [0.4, 0.5) is 0 Å². The summed E-state index contributed by atoms with van der Waals surface area (Å²) in [6.07, 6.45) is -20.0. The zero-order valence-electron chi connectivity index (χ0n) is 43.5. The summed E-state index contributed by atoms with van der Waals surface area (Å²) in [5, 5.41) is 130. The molecule has 8 rings (SSSR count). The SMILES string of the molecule is COC1CC(C=CC(=O)OC2C(OC3C(OC4CC5C(OC6OC(CO)C(O)C(O)C6O)CC(O)CC5OC4C4CCC(O)CC4)OC(COC(=O)C=CC4CCC(O)CC4)C(O)C3O)OCC(O)C2O)CC(OC)C1O. The fourth-order valence-corrected chi connectivity index (χ4v) is 12.4. The Morgan fingerprint density at radius 3 is 1.79 bits per heavy atom. The lowest BCUT2D eigenvalue weighted by atomic mass is 9.73. The molecular formula is C52H82O25. The van der Waals surface area contributed by atoms with Gasteiger partial charge in [0.2, 0.25) is 0 Å². The highest BCUT2D eigenvalue weighted by Gasteiger charge is 2.56. The normalized spacial score (nSPS) is 48.1. The fourth-order valence-electron chi connectivity index (χ4n) is 12.4. The highest BCUT2D eigenvalue weighted by molar-refractivity contribution is 5.82. The average Bonchev–Trinajstić information content (AvgIpc) is 3.45. The van der Waals surface area contributed by atoms with E-state index in [1.165, 1.54) is 20.3 Å². The Bertz CT molecular complexity index is 1900. The minimum absolute atomic E-state index is 0.00133. The summed E-state index contributed by atoms with van der Waals surface area (Å²) in [4.78, 5) is 26.6. The summed E-state index contributed by atoms with van der Waals surface area (Å²) in [6, 6.07) is 0. The first-order valence-electron chi connectivity index (χ1n) is 27.3. The second kappa shape index (κ2) is 27.6. The first kappa shape index (κ1) is 60.7. The number of aliphatic hydroxyl groups excluding tert-OH is 12. The quantitative estimate of drug-likeness (QED) is 0.0506. The molecule has 8 aliphatic rings. The molecule has 0 amide bonds. The first-order valence-corrected chi connectivity index (χ1v) is 27.3. The van der Waals surface area contributed by atoms with Crippen molar-refractivity contribution in [2.75, 3.05) is 34.0 Å². The summed E-state index contributed by atoms with van der Waals surface area (Å²) >= 11 is 0. The molecule has 4 heterocycles. The summed E-state index contributed by atoms with van der Waals surface area (Å²) in [5.41, 5.74) is 0. The largest absolute Gasteiger partial charge is 0.460 e. The van der Waals surface area contributed by atoms with E-state index in [0.29, 0.717) is 64.2 Å². The Hall–Kier alpha value is -2.42. The van der Waals surface area contributed by atoms with E-state index in [-0.39, 0.29) is 37.0 Å². The fraction of sp³-hybridized carbons (Fsp3) is 0.885. The molecule has 22 atom stereocenters. The number of hydrogen-bond acceptors (Lipinski definition) is 25. The number of rotatable bonds is 17. The number of hydrogen-bond donors (Lipinski definition) is 12. The molecule has 77 heavy (non-hydrogen) atoms. The van der Waals surface area contributed by atoms with Crippen LogP contribution in [0.5, 0.6) is 0 Å². The Morgan fingerprint density at radius 1 is 0.519 bits per heavy atom. The minimum Gasteiger partial charge on any atom is -0.460 e. The number of ether oxygens (including phenoxy) is 11. The van der Waals surface area contributed by atoms with Crippen molar-refractivity contribution in [2.45, 2.75) is 231 Å². The number of carbonyl (C=O) groups is 2. The van der Waals surface area contributed by atoms with Crippen molar-refractivity contribution in [3.8, 4) is 0 Å². The van der Waals surface area contributed by atoms with Gasteiger partial charge in [-0.3, -0.25) is 0 Å². The third kappa shape index (κ3) is 14.8. The van der Waals surface area contributed by atoms with Crippen molar-refractivity contribution >= 4 is 11.9 Å². The first-order chi connectivity index (χ1) is 36.8. The van der Waals surface area contributed by atoms with E-state index in [0.717, 1.165) is 6.08 Å². The average molecular weight is 1110 g/mol. The zero-order valence-corrected chi connectivity index (χ0v) is 43.5. The Morgan fingerprint density at radius 2 is 1.13 bits per heavy atom. The van der Waals surface area contributed by atoms with Gasteiger partial charge in [-0.25, -0.2) is 9.59 Å². The molecule has 0 aromatic heterocycles. The maximum Gasteiger partial charge on any atom is 0.330 e. The molecule has 0 spiro atoms. The van der Waals surface area contributed by atoms with Gasteiger partial charge in [0.05, 0.1) is 68.1 Å². The van der Waals surface area contributed by atoms with E-state index in [2.05, 4.69) is 0 Å². The summed E-state index contributed by atoms with van der Waals surface area (Å²) < 4.78 is 66.4. The highest BCUT2D eigenvalue weighted by Crippen LogP contribution is 2.45. The molecule has 4 aliphatic carbocycles. The summed E-state index contributed by atoms with van der Waals surface area (Å²) in [6.45, 7) is -1.83. The Balaban J connectivity index is 1.05. The van der Waals surface area contributed by atoms with Crippen LogP contribution in [-0.4, -0.2) is 254 Å². The molecule has 0 aromatic rings. The smallest absolute Gasteiger partial charge is 0.330 e. The second-order valence-corrected chi connectivity index (χ2v) is 22.3. The summed E-state index contributed by atoms with van der Waals surface area (Å²) in [7, 11) is 2.90. The van der Waals surface area contributed by atoms with Crippen molar-refractivity contribution in [3.05, 3.63) is 24.3 Å². The standard InChI is InChI=1S/C52H82O25/c1-67-33-15-24(16-34(68-2)41(33)61)6-14-39(59)76-48-40(60)30(57)21-70-51(48)77-49-45(65)43(63)37(22-69-38(58)13-5-23-3-9-26(54)10-4-23)75-52(49)73-35-19-29-31(71-47(35)25-7-11-27(55)12-8-25)17-28(56)18-32(29)72-50-46(66)44(64)42(62)36(20-53)74-50/h5-6,13-14,23-37,40-57,60-66H,3-4,7-12,15-22H2,1-2H3. The van der Waals surface area contributed by atoms with E-state index in [4.69, 9.17) is 52.1 Å². The molecule has 440 valence electrons. The van der Waals surface area contributed by atoms with Crippen LogP contribution in [0.1, 0.15) is 83.5 Å². The van der Waals surface area contributed by atoms with Crippen molar-refractivity contribution in [1.82, 2.24) is 0 Å². The van der Waals surface area contributed by atoms with Gasteiger partial charge >= 0.3 is 11.9 Å². The van der Waals surface area contributed by atoms with Crippen LogP contribution in [0.25, 0.3) is 0 Å². The van der Waals surface area contributed by atoms with Gasteiger partial charge in [-0.15, -0.1) is 0 Å². The maximum absolute atomic E-state index is 13.5. The minimum atomic E-state index is -1.93. The van der Waals surface area contributed by atoms with Gasteiger partial charge in [0, 0.05) is 38.7 Å². The number of esters is 2. The van der Waals surface area contributed by atoms with E-state index in [1.807, 2.05) is 0 Å². The molecular weight excluding hydrogens is 1020 g/mol. The predicted molar refractivity (Wildman–Crippen MR) is 258 cm³/mol. The van der Waals surface area contributed by atoms with Gasteiger partial charge in [-0.2, -0.15) is 0 Å². The van der Waals surface area contributed by atoms with Gasteiger partial charge in [-0.1, -0.05) is 12.2 Å². The second-order valence-electron chi connectivity index (χ2n) is 22.3. The van der Waals surface area contributed by atoms with Crippen LogP contribution in [0.3, 0.4) is 0 Å². The van der Waals surface area contributed by atoms with Crippen LogP contribution in [0, 0.1) is 23.7 Å². The topological polar surface area (TPSA) is 378 Å². The van der Waals surface area contributed by atoms with Crippen LogP contribution in [-0.2, 0) is 61.7 Å². The number of carbonyl (C=O) groups excluding carboxylic acids is 2. The van der Waals surface area contributed by atoms with Crippen LogP contribution in [0.2, 0.25) is 0 Å². The number of fused-ring (bicyclic) bond motifs is 1. The molecule has 25 nitrogen and oxygen atoms in total. The molecule has 4 saturated carbocycles. The van der Waals surface area contributed by atoms with E-state index < -0.39 is 185 Å². The molecule has 8 fully saturated rings. The maximum atomic E-state index is 13.5. The van der Waals surface area contributed by atoms with Gasteiger partial charge in [0.1, 0.15) is 73.8 Å². The van der Waals surface area contributed by atoms with Crippen LogP contribution >= 0.6 is 0 Å². The number of aliphatic hydroxyl groups is 12. The van der Waals surface area contributed by atoms with Crippen molar-refractivity contribution in [1.29, 1.82) is 0 Å². The molecule has 0 radical (unpaired) electrons. The van der Waals surface area contributed by atoms with Crippen molar-refractivity contribution < 1.29 is 123 Å². The monoisotopic (exact) mass is 1110 g/mol. The third-order valence-electron chi connectivity index (χ3n) is 17.0. The Labute approximate surface area is 446 Å². The summed E-state index contributed by atoms with van der Waals surface area (Å²) in [5.74, 6) is -2.89. The van der Waals surface area contributed by atoms with Crippen molar-refractivity contribution in [2.24, 2.45) is 23.7 Å². The molecule has 25 heteroatoms. The molecule has 4 aliphatic heterocycles. The Kier molecular flexibility index (Phi) is 21.7. The molecule has 12 N–H and O–H groups in total. The van der Waals surface area contributed by atoms with E-state index in [1.54, 1.807) is 12.2 Å². The number of methoxy groups -OCH3 is 2. The molecule has 22 unspecified atom stereocenters. The van der Waals surface area contributed by atoms with Gasteiger partial charge in [0.15, 0.2) is 25.0 Å². The number of allylic oxidation sites excluding steroid dienone is 2. The molecule has 4 saturated heterocycles. The van der Waals surface area contributed by atoms with Gasteiger partial charge in [0.25, 0.3) is 0 Å². The van der Waals surface area contributed by atoms with Crippen LogP contribution < -0.4 is 0 Å². The lowest BCUT2D eigenvalue weighted by Gasteiger charge is -2.52. The molecule has 0 bridgehead atoms. The van der Waals surface area contributed by atoms with Crippen molar-refractivity contribution in [3.63, 3.8) is 0 Å². The lowest BCUT2D eigenvalue weighted by molar-refractivity contribution is -0.373. The van der Waals surface area contributed by atoms with E-state index in [9.17, 15) is 70.9 Å². The van der Waals surface area contributed by atoms with Gasteiger partial charge in [-0.05, 0) is 94.8 Å². The third-order valence-corrected chi connectivity index (χ3v) is 17.0. The highest BCUT2D eigenvalue weighted by atomic mass is 16.8.